The Hall–Kier alpha value is -3.34. The van der Waals surface area contributed by atoms with Gasteiger partial charge in [0.15, 0.2) is 17.4 Å². The van der Waals surface area contributed by atoms with Crippen LogP contribution in [0.2, 0.25) is 0 Å². The van der Waals surface area contributed by atoms with Crippen LogP contribution >= 0.6 is 0 Å². The normalized spacial score (nSPS) is 10.2. The lowest BCUT2D eigenvalue weighted by molar-refractivity contribution is 0.101. The van der Waals surface area contributed by atoms with Gasteiger partial charge in [-0.05, 0) is 37.3 Å². The van der Waals surface area contributed by atoms with Gasteiger partial charge in [0.25, 0.3) is 0 Å². The Morgan fingerprint density at radius 1 is 1.04 bits per heavy atom. The van der Waals surface area contributed by atoms with E-state index < -0.39 is 0 Å². The van der Waals surface area contributed by atoms with E-state index in [1.54, 1.807) is 19.4 Å². The molecule has 1 heterocycles. The number of carbonyl (C=O) groups is 1. The van der Waals surface area contributed by atoms with Crippen LogP contribution in [0.25, 0.3) is 0 Å². The monoisotopic (exact) mass is 348 g/mol. The standard InChI is InChI=1S/C21H20N2O3/c1-15(24)18-11-6-8-16(20(18)25-2)14-23-21-19(12-7-13-22-21)26-17-9-4-3-5-10-17/h3-13H,14H2,1-2H3,(H,22,23). The number of ether oxygens (including phenoxy) is 2. The summed E-state index contributed by atoms with van der Waals surface area (Å²) >= 11 is 0. The SMILES string of the molecule is COc1c(CNc2ncccc2Oc2ccccc2)cccc1C(C)=O. The van der Waals surface area contributed by atoms with Crippen LogP contribution in [-0.2, 0) is 6.54 Å². The average molecular weight is 348 g/mol. The smallest absolute Gasteiger partial charge is 0.169 e. The summed E-state index contributed by atoms with van der Waals surface area (Å²) in [5, 5.41) is 3.26. The van der Waals surface area contributed by atoms with E-state index in [9.17, 15) is 4.79 Å². The molecule has 0 saturated heterocycles. The molecule has 3 aromatic rings. The van der Waals surface area contributed by atoms with Crippen LogP contribution < -0.4 is 14.8 Å². The molecule has 3 rings (SSSR count). The fourth-order valence-electron chi connectivity index (χ4n) is 2.64. The van der Waals surface area contributed by atoms with Gasteiger partial charge in [-0.3, -0.25) is 4.79 Å². The van der Waals surface area contributed by atoms with Crippen molar-refractivity contribution in [3.05, 3.63) is 78.0 Å². The lowest BCUT2D eigenvalue weighted by Gasteiger charge is -2.15. The number of Topliss-reactive ketones (excluding diaryl/α,β-unsaturated/α-hetero) is 1. The highest BCUT2D eigenvalue weighted by molar-refractivity contribution is 5.97. The van der Waals surface area contributed by atoms with Crippen molar-refractivity contribution >= 4 is 11.6 Å². The molecule has 2 aromatic carbocycles. The summed E-state index contributed by atoms with van der Waals surface area (Å²) in [4.78, 5) is 16.1. The first-order valence-electron chi connectivity index (χ1n) is 8.27. The summed E-state index contributed by atoms with van der Waals surface area (Å²) in [6, 6.07) is 18.7. The fourth-order valence-corrected chi connectivity index (χ4v) is 2.64. The maximum atomic E-state index is 11.8. The summed E-state index contributed by atoms with van der Waals surface area (Å²) in [6.07, 6.45) is 1.70. The van der Waals surface area contributed by atoms with Gasteiger partial charge in [0.05, 0.1) is 12.7 Å². The predicted molar refractivity (Wildman–Crippen MR) is 101 cm³/mol. The average Bonchev–Trinajstić information content (AvgIpc) is 2.67. The third kappa shape index (κ3) is 4.00. The molecule has 0 unspecified atom stereocenters. The van der Waals surface area contributed by atoms with Crippen molar-refractivity contribution in [3.63, 3.8) is 0 Å². The van der Waals surface area contributed by atoms with E-state index >= 15 is 0 Å². The first kappa shape index (κ1) is 17.5. The number of methoxy groups -OCH3 is 1. The van der Waals surface area contributed by atoms with Crippen molar-refractivity contribution in [1.82, 2.24) is 4.98 Å². The Labute approximate surface area is 152 Å². The first-order chi connectivity index (χ1) is 12.7. The Morgan fingerprint density at radius 2 is 1.85 bits per heavy atom. The molecule has 0 aliphatic heterocycles. The summed E-state index contributed by atoms with van der Waals surface area (Å²) in [5.74, 6) is 2.52. The van der Waals surface area contributed by atoms with Gasteiger partial charge >= 0.3 is 0 Å². The van der Waals surface area contributed by atoms with Gasteiger partial charge in [-0.15, -0.1) is 0 Å². The van der Waals surface area contributed by atoms with E-state index in [2.05, 4.69) is 10.3 Å². The highest BCUT2D eigenvalue weighted by atomic mass is 16.5. The maximum absolute atomic E-state index is 11.8. The molecule has 0 aliphatic carbocycles. The van der Waals surface area contributed by atoms with Crippen LogP contribution in [0.3, 0.4) is 0 Å². The molecule has 0 bridgehead atoms. The van der Waals surface area contributed by atoms with Gasteiger partial charge in [-0.1, -0.05) is 30.3 Å². The number of anilines is 1. The minimum Gasteiger partial charge on any atom is -0.496 e. The molecule has 1 aromatic heterocycles. The van der Waals surface area contributed by atoms with Gasteiger partial charge in [-0.25, -0.2) is 4.98 Å². The molecular formula is C21H20N2O3. The molecule has 0 spiro atoms. The molecule has 0 fully saturated rings. The van der Waals surface area contributed by atoms with Gasteiger partial charge in [0, 0.05) is 18.3 Å². The number of hydrogen-bond acceptors (Lipinski definition) is 5. The molecular weight excluding hydrogens is 328 g/mol. The Morgan fingerprint density at radius 3 is 2.58 bits per heavy atom. The van der Waals surface area contributed by atoms with Crippen LogP contribution in [0.1, 0.15) is 22.8 Å². The second kappa shape index (κ2) is 8.16. The number of hydrogen-bond donors (Lipinski definition) is 1. The largest absolute Gasteiger partial charge is 0.496 e. The number of nitrogens with zero attached hydrogens (tertiary/aromatic N) is 1. The fraction of sp³-hybridized carbons (Fsp3) is 0.143. The van der Waals surface area contributed by atoms with Crippen molar-refractivity contribution in [2.24, 2.45) is 0 Å². The number of nitrogens with one attached hydrogen (secondary N) is 1. The molecule has 0 saturated carbocycles. The number of benzene rings is 2. The topological polar surface area (TPSA) is 60.4 Å². The zero-order chi connectivity index (χ0) is 18.4. The van der Waals surface area contributed by atoms with Crippen molar-refractivity contribution in [3.8, 4) is 17.2 Å². The minimum atomic E-state index is -0.0327. The molecule has 5 nitrogen and oxygen atoms in total. The molecule has 0 atom stereocenters. The second-order valence-corrected chi connectivity index (χ2v) is 5.67. The number of ketones is 1. The van der Waals surface area contributed by atoms with Crippen molar-refractivity contribution in [2.45, 2.75) is 13.5 Å². The molecule has 0 amide bonds. The van der Waals surface area contributed by atoms with Crippen molar-refractivity contribution in [1.29, 1.82) is 0 Å². The van der Waals surface area contributed by atoms with Crippen LogP contribution in [-0.4, -0.2) is 17.9 Å². The second-order valence-electron chi connectivity index (χ2n) is 5.67. The lowest BCUT2D eigenvalue weighted by atomic mass is 10.1. The number of carbonyl (C=O) groups excluding carboxylic acids is 1. The summed E-state index contributed by atoms with van der Waals surface area (Å²) in [5.41, 5.74) is 1.44. The minimum absolute atomic E-state index is 0.0327. The van der Waals surface area contributed by atoms with Crippen molar-refractivity contribution in [2.75, 3.05) is 12.4 Å². The molecule has 5 heteroatoms. The number of pyridine rings is 1. The van der Waals surface area contributed by atoms with Gasteiger partial charge < -0.3 is 14.8 Å². The van der Waals surface area contributed by atoms with E-state index in [1.807, 2.05) is 54.6 Å². The number of aromatic nitrogens is 1. The maximum Gasteiger partial charge on any atom is 0.169 e. The zero-order valence-electron chi connectivity index (χ0n) is 14.7. The van der Waals surface area contributed by atoms with Crippen LogP contribution in [0.5, 0.6) is 17.2 Å². The Bertz CT molecular complexity index is 895. The van der Waals surface area contributed by atoms with Crippen molar-refractivity contribution < 1.29 is 14.3 Å². The van der Waals surface area contributed by atoms with Crippen LogP contribution in [0, 0.1) is 0 Å². The van der Waals surface area contributed by atoms with E-state index in [0.717, 1.165) is 11.3 Å². The molecule has 26 heavy (non-hydrogen) atoms. The molecule has 1 N–H and O–H groups in total. The van der Waals surface area contributed by atoms with Crippen LogP contribution in [0.15, 0.2) is 66.9 Å². The molecule has 0 radical (unpaired) electrons. The Balaban J connectivity index is 1.81. The van der Waals surface area contributed by atoms with Gasteiger partial charge in [-0.2, -0.15) is 0 Å². The van der Waals surface area contributed by atoms with Crippen LogP contribution in [0.4, 0.5) is 5.82 Å². The zero-order valence-corrected chi connectivity index (χ0v) is 14.7. The number of rotatable bonds is 7. The highest BCUT2D eigenvalue weighted by Gasteiger charge is 2.13. The summed E-state index contributed by atoms with van der Waals surface area (Å²) < 4.78 is 11.3. The first-order valence-corrected chi connectivity index (χ1v) is 8.27. The molecule has 132 valence electrons. The van der Waals surface area contributed by atoms with E-state index in [4.69, 9.17) is 9.47 Å². The number of para-hydroxylation sites is 2. The highest BCUT2D eigenvalue weighted by Crippen LogP contribution is 2.29. The quantitative estimate of drug-likeness (QED) is 0.627. The predicted octanol–water partition coefficient (Wildman–Crippen LogP) is 4.70. The Kier molecular flexibility index (Phi) is 5.49. The van der Waals surface area contributed by atoms with Gasteiger partial charge in [0.1, 0.15) is 11.5 Å². The summed E-state index contributed by atoms with van der Waals surface area (Å²) in [7, 11) is 1.57. The molecule has 0 aliphatic rings. The van der Waals surface area contributed by atoms with Gasteiger partial charge in [0.2, 0.25) is 0 Å². The summed E-state index contributed by atoms with van der Waals surface area (Å²) in [6.45, 7) is 1.98. The lowest BCUT2D eigenvalue weighted by Crippen LogP contribution is -2.07. The van der Waals surface area contributed by atoms with E-state index in [0.29, 0.717) is 29.4 Å². The third-order valence-corrected chi connectivity index (χ3v) is 3.87. The van der Waals surface area contributed by atoms with E-state index in [1.165, 1.54) is 6.92 Å². The van der Waals surface area contributed by atoms with E-state index in [-0.39, 0.29) is 5.78 Å². The third-order valence-electron chi connectivity index (χ3n) is 3.87.